The molecule has 0 aromatic heterocycles. The van der Waals surface area contributed by atoms with Crippen molar-refractivity contribution in [2.75, 3.05) is 17.2 Å². The van der Waals surface area contributed by atoms with E-state index in [0.29, 0.717) is 22.9 Å². The number of nitrogens with zero attached hydrogens (tertiary/aromatic N) is 1. The molecule has 0 aliphatic rings. The summed E-state index contributed by atoms with van der Waals surface area (Å²) in [5, 5.41) is 6.27. The second-order valence-electron chi connectivity index (χ2n) is 6.21. The van der Waals surface area contributed by atoms with Crippen LogP contribution in [0.5, 0.6) is 0 Å². The van der Waals surface area contributed by atoms with Gasteiger partial charge >= 0.3 is 0 Å². The van der Waals surface area contributed by atoms with Crippen molar-refractivity contribution in [3.63, 3.8) is 0 Å². The molecule has 0 unspecified atom stereocenters. The van der Waals surface area contributed by atoms with E-state index in [4.69, 9.17) is 12.2 Å². The number of carbonyl (C=O) groups is 1. The predicted molar refractivity (Wildman–Crippen MR) is 109 cm³/mol. The third-order valence-corrected chi connectivity index (χ3v) is 4.53. The third kappa shape index (κ3) is 5.02. The Balaban J connectivity index is 2.04. The van der Waals surface area contributed by atoms with Gasteiger partial charge in [-0.25, -0.2) is 4.39 Å². The van der Waals surface area contributed by atoms with Crippen molar-refractivity contribution in [1.82, 2.24) is 4.90 Å². The van der Waals surface area contributed by atoms with Crippen molar-refractivity contribution in [2.24, 2.45) is 0 Å². The normalized spacial score (nSPS) is 11.6. The second-order valence-corrected chi connectivity index (χ2v) is 6.60. The number of thiocarbonyl (C=S) groups is 1. The van der Waals surface area contributed by atoms with Crippen molar-refractivity contribution in [3.05, 3.63) is 59.4 Å². The number of carbonyl (C=O) groups excluding carboxylic acids is 1. The zero-order valence-electron chi connectivity index (χ0n) is 15.5. The molecular formula is C20H24FN3OS. The van der Waals surface area contributed by atoms with Crippen LogP contribution >= 0.6 is 12.2 Å². The highest BCUT2D eigenvalue weighted by Gasteiger charge is 2.22. The van der Waals surface area contributed by atoms with Crippen LogP contribution in [0.2, 0.25) is 0 Å². The van der Waals surface area contributed by atoms with Gasteiger partial charge in [0.1, 0.15) is 11.9 Å². The average molecular weight is 373 g/mol. The van der Waals surface area contributed by atoms with E-state index in [0.717, 1.165) is 11.3 Å². The van der Waals surface area contributed by atoms with Crippen LogP contribution in [0.1, 0.15) is 25.0 Å². The van der Waals surface area contributed by atoms with Gasteiger partial charge in [0, 0.05) is 17.9 Å². The molecule has 2 aromatic rings. The fraction of sp³-hybridized carbons (Fsp3) is 0.300. The molecule has 0 bridgehead atoms. The molecule has 6 heteroatoms. The molecule has 1 atom stereocenters. The lowest BCUT2D eigenvalue weighted by atomic mass is 10.2. The molecule has 0 aliphatic heterocycles. The molecule has 0 fully saturated rings. The van der Waals surface area contributed by atoms with Gasteiger partial charge in [-0.2, -0.15) is 0 Å². The Morgan fingerprint density at radius 3 is 2.31 bits per heavy atom. The molecule has 26 heavy (non-hydrogen) atoms. The van der Waals surface area contributed by atoms with Crippen molar-refractivity contribution in [1.29, 1.82) is 0 Å². The van der Waals surface area contributed by atoms with E-state index in [2.05, 4.69) is 10.6 Å². The molecule has 2 aromatic carbocycles. The first-order chi connectivity index (χ1) is 12.3. The summed E-state index contributed by atoms with van der Waals surface area (Å²) < 4.78 is 13.7. The molecule has 0 aliphatic carbocycles. The SMILES string of the molecule is CCN(C(=S)Nc1ccc(C)c(F)c1)[C@@H](C)C(=O)Nc1ccc(C)cc1. The Morgan fingerprint density at radius 1 is 1.12 bits per heavy atom. The maximum Gasteiger partial charge on any atom is 0.246 e. The minimum Gasteiger partial charge on any atom is -0.338 e. The van der Waals surface area contributed by atoms with Crippen LogP contribution < -0.4 is 10.6 Å². The molecule has 0 spiro atoms. The van der Waals surface area contributed by atoms with Gasteiger partial charge in [-0.3, -0.25) is 4.79 Å². The van der Waals surface area contributed by atoms with Crippen LogP contribution in [0.4, 0.5) is 15.8 Å². The van der Waals surface area contributed by atoms with Crippen molar-refractivity contribution >= 4 is 34.6 Å². The number of hydrogen-bond acceptors (Lipinski definition) is 2. The standard InChI is InChI=1S/C20H24FN3OS/c1-5-24(20(26)23-17-11-8-14(3)18(21)12-17)15(4)19(25)22-16-9-6-13(2)7-10-16/h6-12,15H,5H2,1-4H3,(H,22,25)(H,23,26)/t15-/m0/s1. The maximum atomic E-state index is 13.7. The lowest BCUT2D eigenvalue weighted by Gasteiger charge is -2.30. The first-order valence-electron chi connectivity index (χ1n) is 8.53. The summed E-state index contributed by atoms with van der Waals surface area (Å²) in [5.41, 5.74) is 2.99. The van der Waals surface area contributed by atoms with E-state index >= 15 is 0 Å². The zero-order valence-corrected chi connectivity index (χ0v) is 16.3. The van der Waals surface area contributed by atoms with Crippen molar-refractivity contribution in [3.8, 4) is 0 Å². The van der Waals surface area contributed by atoms with E-state index in [9.17, 15) is 9.18 Å². The molecule has 0 heterocycles. The summed E-state index contributed by atoms with van der Waals surface area (Å²) in [6.45, 7) is 7.94. The van der Waals surface area contributed by atoms with Crippen LogP contribution in [-0.2, 0) is 4.79 Å². The predicted octanol–water partition coefficient (Wildman–Crippen LogP) is 4.49. The minimum absolute atomic E-state index is 0.157. The molecule has 1 amide bonds. The molecule has 0 saturated heterocycles. The number of amides is 1. The number of nitrogens with one attached hydrogen (secondary N) is 2. The van der Waals surface area contributed by atoms with Gasteiger partial charge in [-0.05, 0) is 69.7 Å². The van der Waals surface area contributed by atoms with Crippen LogP contribution in [0, 0.1) is 19.7 Å². The highest BCUT2D eigenvalue weighted by molar-refractivity contribution is 7.80. The minimum atomic E-state index is -0.475. The van der Waals surface area contributed by atoms with E-state index in [1.165, 1.54) is 6.07 Å². The average Bonchev–Trinajstić information content (AvgIpc) is 2.60. The Bertz CT molecular complexity index is 792. The molecule has 4 nitrogen and oxygen atoms in total. The van der Waals surface area contributed by atoms with Gasteiger partial charge in [0.2, 0.25) is 5.91 Å². The summed E-state index contributed by atoms with van der Waals surface area (Å²) in [5.74, 6) is -0.457. The van der Waals surface area contributed by atoms with Crippen molar-refractivity contribution < 1.29 is 9.18 Å². The topological polar surface area (TPSA) is 44.4 Å². The monoisotopic (exact) mass is 373 g/mol. The van der Waals surface area contributed by atoms with Crippen LogP contribution in [0.15, 0.2) is 42.5 Å². The highest BCUT2D eigenvalue weighted by atomic mass is 32.1. The largest absolute Gasteiger partial charge is 0.338 e. The lowest BCUT2D eigenvalue weighted by molar-refractivity contribution is -0.119. The summed E-state index contributed by atoms with van der Waals surface area (Å²) >= 11 is 5.42. The van der Waals surface area contributed by atoms with Crippen LogP contribution in [0.3, 0.4) is 0 Å². The van der Waals surface area contributed by atoms with Gasteiger partial charge in [0.15, 0.2) is 5.11 Å². The van der Waals surface area contributed by atoms with Gasteiger partial charge in [0.25, 0.3) is 0 Å². The second kappa shape index (κ2) is 8.76. The van der Waals surface area contributed by atoms with E-state index in [-0.39, 0.29) is 11.7 Å². The number of likely N-dealkylation sites (N-methyl/N-ethyl adjacent to an activating group) is 1. The smallest absolute Gasteiger partial charge is 0.246 e. The van der Waals surface area contributed by atoms with Gasteiger partial charge in [-0.15, -0.1) is 0 Å². The number of benzene rings is 2. The van der Waals surface area contributed by atoms with Crippen LogP contribution in [-0.4, -0.2) is 28.5 Å². The van der Waals surface area contributed by atoms with Gasteiger partial charge in [0.05, 0.1) is 0 Å². The number of aryl methyl sites for hydroxylation is 2. The lowest BCUT2D eigenvalue weighted by Crippen LogP contribution is -2.47. The number of anilines is 2. The molecule has 2 N–H and O–H groups in total. The summed E-state index contributed by atoms with van der Waals surface area (Å²) in [4.78, 5) is 14.3. The van der Waals surface area contributed by atoms with Gasteiger partial charge in [-0.1, -0.05) is 23.8 Å². The first kappa shape index (κ1) is 19.8. The molecule has 138 valence electrons. The van der Waals surface area contributed by atoms with E-state index in [1.54, 1.807) is 30.9 Å². The molecule has 2 rings (SSSR count). The van der Waals surface area contributed by atoms with E-state index < -0.39 is 6.04 Å². The number of halogens is 1. The fourth-order valence-corrected chi connectivity index (χ4v) is 2.89. The zero-order chi connectivity index (χ0) is 19.3. The van der Waals surface area contributed by atoms with Crippen LogP contribution in [0.25, 0.3) is 0 Å². The number of hydrogen-bond donors (Lipinski definition) is 2. The Kier molecular flexibility index (Phi) is 6.69. The molecular weight excluding hydrogens is 349 g/mol. The Hall–Kier alpha value is -2.47. The van der Waals surface area contributed by atoms with E-state index in [1.807, 2.05) is 38.1 Å². The third-order valence-electron chi connectivity index (χ3n) is 4.19. The Morgan fingerprint density at radius 2 is 1.73 bits per heavy atom. The highest BCUT2D eigenvalue weighted by Crippen LogP contribution is 2.16. The molecule has 0 saturated carbocycles. The summed E-state index contributed by atoms with van der Waals surface area (Å²) in [6, 6.07) is 12.0. The summed E-state index contributed by atoms with van der Waals surface area (Å²) in [6.07, 6.45) is 0. The summed E-state index contributed by atoms with van der Waals surface area (Å²) in [7, 11) is 0. The molecule has 0 radical (unpaired) electrons. The fourth-order valence-electron chi connectivity index (χ4n) is 2.48. The quantitative estimate of drug-likeness (QED) is 0.758. The van der Waals surface area contributed by atoms with Crippen molar-refractivity contribution in [2.45, 2.75) is 33.7 Å². The van der Waals surface area contributed by atoms with Gasteiger partial charge < -0.3 is 15.5 Å². The maximum absolute atomic E-state index is 13.7. The Labute approximate surface area is 159 Å². The number of rotatable bonds is 5. The first-order valence-corrected chi connectivity index (χ1v) is 8.94.